The number of hydrogen-bond acceptors (Lipinski definition) is 2. The van der Waals surface area contributed by atoms with Gasteiger partial charge in [-0.25, -0.2) is 4.98 Å². The quantitative estimate of drug-likeness (QED) is 0.660. The summed E-state index contributed by atoms with van der Waals surface area (Å²) in [7, 11) is 0. The van der Waals surface area contributed by atoms with Gasteiger partial charge in [0.1, 0.15) is 5.75 Å². The zero-order valence-electron chi connectivity index (χ0n) is 15.5. The summed E-state index contributed by atoms with van der Waals surface area (Å²) in [6.07, 6.45) is 2.12. The van der Waals surface area contributed by atoms with E-state index in [1.54, 1.807) is 0 Å². The Bertz CT molecular complexity index is 676. The van der Waals surface area contributed by atoms with Crippen LogP contribution in [-0.2, 0) is 0 Å². The van der Waals surface area contributed by atoms with Gasteiger partial charge in [-0.3, -0.25) is 0 Å². The summed E-state index contributed by atoms with van der Waals surface area (Å²) in [6.45, 7) is 14.9. The van der Waals surface area contributed by atoms with E-state index in [-0.39, 0.29) is 0 Å². The van der Waals surface area contributed by atoms with Gasteiger partial charge >= 0.3 is 0 Å². The highest BCUT2D eigenvalue weighted by Gasteiger charge is 2.17. The Morgan fingerprint density at radius 2 is 1.48 bits per heavy atom. The van der Waals surface area contributed by atoms with Crippen LogP contribution in [0.2, 0.25) is 0 Å². The lowest BCUT2D eigenvalue weighted by Gasteiger charge is -2.19. The maximum atomic E-state index is 6.26. The Balaban J connectivity index is 2.49. The van der Waals surface area contributed by atoms with Crippen molar-refractivity contribution in [3.8, 4) is 11.6 Å². The molecule has 2 heteroatoms. The summed E-state index contributed by atoms with van der Waals surface area (Å²) in [6, 6.07) is 6.49. The number of aryl methyl sites for hydroxylation is 4. The molecule has 0 aliphatic carbocycles. The highest BCUT2D eigenvalue weighted by Crippen LogP contribution is 2.35. The van der Waals surface area contributed by atoms with E-state index in [1.165, 1.54) is 17.0 Å². The van der Waals surface area contributed by atoms with Gasteiger partial charge in [-0.1, -0.05) is 31.5 Å². The molecular formula is C21H28NO. The average Bonchev–Trinajstić information content (AvgIpc) is 2.48. The lowest BCUT2D eigenvalue weighted by Crippen LogP contribution is -2.05. The minimum Gasteiger partial charge on any atom is -0.438 e. The molecule has 2 nitrogen and oxygen atoms in total. The van der Waals surface area contributed by atoms with Crippen LogP contribution in [-0.4, -0.2) is 4.98 Å². The van der Waals surface area contributed by atoms with Gasteiger partial charge in [0.15, 0.2) is 0 Å². The largest absolute Gasteiger partial charge is 0.438 e. The summed E-state index contributed by atoms with van der Waals surface area (Å²) in [5.41, 5.74) is 6.99. The Hall–Kier alpha value is -1.83. The van der Waals surface area contributed by atoms with Crippen molar-refractivity contribution in [3.05, 3.63) is 57.6 Å². The predicted octanol–water partition coefficient (Wildman–Crippen LogP) is 6.16. The predicted molar refractivity (Wildman–Crippen MR) is 97.4 cm³/mol. The molecule has 23 heavy (non-hydrogen) atoms. The monoisotopic (exact) mass is 310 g/mol. The molecular weight excluding hydrogens is 282 g/mol. The van der Waals surface area contributed by atoms with Crippen molar-refractivity contribution in [2.24, 2.45) is 0 Å². The first-order valence-corrected chi connectivity index (χ1v) is 8.46. The fourth-order valence-electron chi connectivity index (χ4n) is 3.23. The van der Waals surface area contributed by atoms with Crippen LogP contribution in [0.1, 0.15) is 60.2 Å². The van der Waals surface area contributed by atoms with Gasteiger partial charge in [-0.15, -0.1) is 0 Å². The van der Waals surface area contributed by atoms with Crippen LogP contribution < -0.4 is 4.74 Å². The van der Waals surface area contributed by atoms with Crippen molar-refractivity contribution in [2.45, 2.75) is 61.3 Å². The first-order valence-electron chi connectivity index (χ1n) is 8.46. The van der Waals surface area contributed by atoms with Crippen LogP contribution in [0, 0.1) is 40.5 Å². The van der Waals surface area contributed by atoms with E-state index < -0.39 is 0 Å². The smallest absolute Gasteiger partial charge is 0.222 e. The first-order chi connectivity index (χ1) is 10.9. The normalized spacial score (nSPS) is 11.1. The van der Waals surface area contributed by atoms with Crippen LogP contribution in [0.3, 0.4) is 0 Å². The second-order valence-corrected chi connectivity index (χ2v) is 6.38. The molecule has 0 aliphatic heterocycles. The molecule has 1 radical (unpaired) electrons. The van der Waals surface area contributed by atoms with E-state index >= 15 is 0 Å². The third-order valence-corrected chi connectivity index (χ3v) is 4.39. The third kappa shape index (κ3) is 3.74. The SMILES string of the molecule is CC[C](CC)c1cc(C)nc(Oc2c(C)cc(C)cc2C)c1C. The minimum atomic E-state index is 0.731. The molecule has 1 aromatic heterocycles. The summed E-state index contributed by atoms with van der Waals surface area (Å²) in [4.78, 5) is 4.65. The average molecular weight is 310 g/mol. The summed E-state index contributed by atoms with van der Waals surface area (Å²) in [5.74, 6) is 3.11. The first kappa shape index (κ1) is 17.5. The molecule has 0 fully saturated rings. The van der Waals surface area contributed by atoms with Crippen molar-refractivity contribution in [1.82, 2.24) is 4.98 Å². The van der Waals surface area contributed by atoms with Gasteiger partial charge < -0.3 is 4.74 Å². The van der Waals surface area contributed by atoms with Gasteiger partial charge in [-0.05, 0) is 70.2 Å². The summed E-state index contributed by atoms with van der Waals surface area (Å²) < 4.78 is 6.26. The van der Waals surface area contributed by atoms with Crippen molar-refractivity contribution in [1.29, 1.82) is 0 Å². The standard InChI is InChI=1S/C21H28NO/c1-8-18(9-2)19-12-16(6)22-21(17(19)7)23-20-14(4)10-13(3)11-15(20)5/h10-12H,8-9H2,1-7H3. The van der Waals surface area contributed by atoms with E-state index in [9.17, 15) is 0 Å². The number of aromatic nitrogens is 1. The fraction of sp³-hybridized carbons (Fsp3) is 0.429. The molecule has 0 bridgehead atoms. The molecule has 0 aliphatic rings. The van der Waals surface area contributed by atoms with Gasteiger partial charge in [0.05, 0.1) is 0 Å². The third-order valence-electron chi connectivity index (χ3n) is 4.39. The van der Waals surface area contributed by atoms with Gasteiger partial charge in [-0.2, -0.15) is 0 Å². The molecule has 0 atom stereocenters. The summed E-state index contributed by atoms with van der Waals surface area (Å²) >= 11 is 0. The number of rotatable bonds is 5. The molecule has 0 saturated heterocycles. The molecule has 2 aromatic rings. The van der Waals surface area contributed by atoms with Gasteiger partial charge in [0.25, 0.3) is 0 Å². The Morgan fingerprint density at radius 3 is 2.00 bits per heavy atom. The molecule has 0 N–H and O–H groups in total. The molecule has 0 amide bonds. The number of ether oxygens (including phenoxy) is 1. The van der Waals surface area contributed by atoms with Crippen LogP contribution in [0.15, 0.2) is 18.2 Å². The molecule has 0 saturated carbocycles. The number of hydrogen-bond donors (Lipinski definition) is 0. The van der Waals surface area contributed by atoms with Gasteiger partial charge in [0, 0.05) is 17.2 Å². The molecule has 0 spiro atoms. The molecule has 1 heterocycles. The van der Waals surface area contributed by atoms with Crippen molar-refractivity contribution in [3.63, 3.8) is 0 Å². The van der Waals surface area contributed by atoms with E-state index in [2.05, 4.69) is 64.7 Å². The fourth-order valence-corrected chi connectivity index (χ4v) is 3.23. The number of nitrogens with zero attached hydrogens (tertiary/aromatic N) is 1. The van der Waals surface area contributed by atoms with Crippen LogP contribution in [0.5, 0.6) is 11.6 Å². The van der Waals surface area contributed by atoms with E-state index in [1.807, 2.05) is 6.92 Å². The van der Waals surface area contributed by atoms with Crippen LogP contribution >= 0.6 is 0 Å². The second-order valence-electron chi connectivity index (χ2n) is 6.38. The lowest BCUT2D eigenvalue weighted by molar-refractivity contribution is 0.449. The van der Waals surface area contributed by atoms with E-state index in [0.717, 1.165) is 46.9 Å². The van der Waals surface area contributed by atoms with Crippen molar-refractivity contribution >= 4 is 0 Å². The highest BCUT2D eigenvalue weighted by molar-refractivity contribution is 5.49. The topological polar surface area (TPSA) is 22.1 Å². The van der Waals surface area contributed by atoms with Crippen molar-refractivity contribution < 1.29 is 4.74 Å². The maximum Gasteiger partial charge on any atom is 0.222 e. The zero-order chi connectivity index (χ0) is 17.1. The maximum absolute atomic E-state index is 6.26. The number of benzene rings is 1. The lowest BCUT2D eigenvalue weighted by atomic mass is 9.91. The van der Waals surface area contributed by atoms with Gasteiger partial charge in [0.2, 0.25) is 5.88 Å². The Morgan fingerprint density at radius 1 is 0.913 bits per heavy atom. The Labute approximate surface area is 140 Å². The van der Waals surface area contributed by atoms with E-state index in [4.69, 9.17) is 4.74 Å². The van der Waals surface area contributed by atoms with E-state index in [0.29, 0.717) is 0 Å². The van der Waals surface area contributed by atoms with Crippen molar-refractivity contribution in [2.75, 3.05) is 0 Å². The zero-order valence-corrected chi connectivity index (χ0v) is 15.5. The summed E-state index contributed by atoms with van der Waals surface area (Å²) in [5, 5.41) is 0. The molecule has 1 aromatic carbocycles. The van der Waals surface area contributed by atoms with Crippen LogP contribution in [0.4, 0.5) is 0 Å². The highest BCUT2D eigenvalue weighted by atomic mass is 16.5. The minimum absolute atomic E-state index is 0.731. The number of pyridine rings is 1. The molecule has 123 valence electrons. The molecule has 2 rings (SSSR count). The van der Waals surface area contributed by atoms with Crippen LogP contribution in [0.25, 0.3) is 0 Å². The second kappa shape index (κ2) is 7.16. The molecule has 0 unspecified atom stereocenters. The Kier molecular flexibility index (Phi) is 5.46.